The molecule has 3 rings (SSSR count). The highest BCUT2D eigenvalue weighted by atomic mass is 35.5. The van der Waals surface area contributed by atoms with Crippen LogP contribution in [0.3, 0.4) is 0 Å². The van der Waals surface area contributed by atoms with Gasteiger partial charge in [0.05, 0.1) is 11.7 Å². The Balaban J connectivity index is 0.00000176. The first-order chi connectivity index (χ1) is 10.1. The second-order valence-corrected chi connectivity index (χ2v) is 6.44. The molecule has 1 N–H and O–H groups in total. The van der Waals surface area contributed by atoms with Crippen molar-refractivity contribution in [2.75, 3.05) is 13.1 Å². The molecule has 7 heteroatoms. The standard InChI is InChI=1S/C15H25N5O.ClH/c1-10-4-5-11(2)19(10)15(21)14-12(3)20(18-17-14)13-6-8-16-9-7-13;/h10-11,13,16H,4-9H2,1-3H3;1H. The zero-order chi connectivity index (χ0) is 15.0. The van der Waals surface area contributed by atoms with E-state index < -0.39 is 0 Å². The summed E-state index contributed by atoms with van der Waals surface area (Å²) in [5.41, 5.74) is 1.45. The van der Waals surface area contributed by atoms with Crippen molar-refractivity contribution in [2.45, 2.75) is 64.6 Å². The van der Waals surface area contributed by atoms with Crippen LogP contribution in [0.2, 0.25) is 0 Å². The van der Waals surface area contributed by atoms with Gasteiger partial charge in [-0.3, -0.25) is 4.79 Å². The molecule has 0 saturated carbocycles. The molecule has 6 nitrogen and oxygen atoms in total. The molecule has 0 aliphatic carbocycles. The number of halogens is 1. The van der Waals surface area contributed by atoms with E-state index in [4.69, 9.17) is 0 Å². The number of nitrogens with zero attached hydrogens (tertiary/aromatic N) is 4. The lowest BCUT2D eigenvalue weighted by molar-refractivity contribution is 0.0685. The number of nitrogens with one attached hydrogen (secondary N) is 1. The maximum atomic E-state index is 12.8. The molecule has 2 unspecified atom stereocenters. The van der Waals surface area contributed by atoms with Crippen LogP contribution >= 0.6 is 12.4 Å². The van der Waals surface area contributed by atoms with Crippen LogP contribution < -0.4 is 5.32 Å². The van der Waals surface area contributed by atoms with Crippen molar-refractivity contribution in [3.63, 3.8) is 0 Å². The SMILES string of the molecule is Cc1c(C(=O)N2C(C)CCC2C)nnn1C1CCNCC1.Cl. The van der Waals surface area contributed by atoms with E-state index in [9.17, 15) is 4.79 Å². The van der Waals surface area contributed by atoms with Gasteiger partial charge in [0, 0.05) is 12.1 Å². The highest BCUT2D eigenvalue weighted by Gasteiger charge is 2.34. The quantitative estimate of drug-likeness (QED) is 0.901. The summed E-state index contributed by atoms with van der Waals surface area (Å²) < 4.78 is 1.96. The van der Waals surface area contributed by atoms with Crippen LogP contribution in [0, 0.1) is 6.92 Å². The summed E-state index contributed by atoms with van der Waals surface area (Å²) >= 11 is 0. The summed E-state index contributed by atoms with van der Waals surface area (Å²) in [6.45, 7) is 8.23. The summed E-state index contributed by atoms with van der Waals surface area (Å²) in [6, 6.07) is 0.973. The third-order valence-electron chi connectivity index (χ3n) is 4.97. The molecule has 124 valence electrons. The Bertz CT molecular complexity index is 516. The van der Waals surface area contributed by atoms with Gasteiger partial charge in [-0.05, 0) is 59.5 Å². The van der Waals surface area contributed by atoms with E-state index in [1.165, 1.54) is 0 Å². The molecule has 1 aromatic rings. The average molecular weight is 328 g/mol. The molecule has 1 aromatic heterocycles. The van der Waals surface area contributed by atoms with E-state index in [0.717, 1.165) is 44.5 Å². The number of likely N-dealkylation sites (tertiary alicyclic amines) is 1. The van der Waals surface area contributed by atoms with E-state index in [-0.39, 0.29) is 18.3 Å². The third kappa shape index (κ3) is 2.99. The summed E-state index contributed by atoms with van der Waals surface area (Å²) in [5.74, 6) is 0.0465. The van der Waals surface area contributed by atoms with Crippen LogP contribution in [0.1, 0.15) is 61.8 Å². The smallest absolute Gasteiger partial charge is 0.276 e. The fourth-order valence-electron chi connectivity index (χ4n) is 3.65. The molecule has 2 saturated heterocycles. The van der Waals surface area contributed by atoms with Gasteiger partial charge in [0.25, 0.3) is 5.91 Å². The normalized spacial score (nSPS) is 26.0. The molecule has 0 bridgehead atoms. The maximum absolute atomic E-state index is 12.8. The number of rotatable bonds is 2. The molecule has 0 spiro atoms. The Labute approximate surface area is 138 Å². The fourth-order valence-corrected chi connectivity index (χ4v) is 3.65. The minimum atomic E-state index is 0. The second kappa shape index (κ2) is 6.96. The van der Waals surface area contributed by atoms with Crippen LogP contribution in [-0.4, -0.2) is 51.0 Å². The van der Waals surface area contributed by atoms with Gasteiger partial charge in [0.15, 0.2) is 5.69 Å². The van der Waals surface area contributed by atoms with Crippen molar-refractivity contribution in [1.29, 1.82) is 0 Å². The molecule has 2 aliphatic rings. The first-order valence-corrected chi connectivity index (χ1v) is 8.04. The second-order valence-electron chi connectivity index (χ2n) is 6.44. The van der Waals surface area contributed by atoms with Crippen LogP contribution in [0.25, 0.3) is 0 Å². The predicted octanol–water partition coefficient (Wildman–Crippen LogP) is 1.95. The summed E-state index contributed by atoms with van der Waals surface area (Å²) in [7, 11) is 0. The van der Waals surface area contributed by atoms with Gasteiger partial charge in [-0.2, -0.15) is 0 Å². The van der Waals surface area contributed by atoms with Crippen molar-refractivity contribution in [1.82, 2.24) is 25.2 Å². The summed E-state index contributed by atoms with van der Waals surface area (Å²) in [6.07, 6.45) is 4.26. The molecule has 1 amide bonds. The number of carbonyl (C=O) groups excluding carboxylic acids is 1. The van der Waals surface area contributed by atoms with Crippen molar-refractivity contribution >= 4 is 18.3 Å². The minimum Gasteiger partial charge on any atom is -0.332 e. The Hall–Kier alpha value is -1.14. The van der Waals surface area contributed by atoms with Gasteiger partial charge in [-0.25, -0.2) is 4.68 Å². The maximum Gasteiger partial charge on any atom is 0.276 e. The molecule has 2 aliphatic heterocycles. The average Bonchev–Trinajstić information content (AvgIpc) is 3.02. The van der Waals surface area contributed by atoms with E-state index in [1.807, 2.05) is 16.5 Å². The van der Waals surface area contributed by atoms with E-state index in [1.54, 1.807) is 0 Å². The van der Waals surface area contributed by atoms with Gasteiger partial charge in [0.2, 0.25) is 0 Å². The van der Waals surface area contributed by atoms with Crippen LogP contribution in [-0.2, 0) is 0 Å². The van der Waals surface area contributed by atoms with Gasteiger partial charge in [0.1, 0.15) is 0 Å². The molecule has 2 fully saturated rings. The number of hydrogen-bond donors (Lipinski definition) is 1. The molecule has 0 radical (unpaired) electrons. The number of aromatic nitrogens is 3. The number of carbonyl (C=O) groups is 1. The molecule has 0 aromatic carbocycles. The number of amides is 1. The Morgan fingerprint density at radius 3 is 2.32 bits per heavy atom. The van der Waals surface area contributed by atoms with Gasteiger partial charge in [-0.15, -0.1) is 17.5 Å². The molecular weight excluding hydrogens is 302 g/mol. The first-order valence-electron chi connectivity index (χ1n) is 8.04. The zero-order valence-electron chi connectivity index (χ0n) is 13.6. The highest BCUT2D eigenvalue weighted by Crippen LogP contribution is 2.27. The zero-order valence-corrected chi connectivity index (χ0v) is 14.4. The summed E-state index contributed by atoms with van der Waals surface area (Å²) in [5, 5.41) is 11.8. The third-order valence-corrected chi connectivity index (χ3v) is 4.97. The van der Waals surface area contributed by atoms with Crippen molar-refractivity contribution < 1.29 is 4.79 Å². The largest absolute Gasteiger partial charge is 0.332 e. The lowest BCUT2D eigenvalue weighted by Crippen LogP contribution is -2.39. The van der Waals surface area contributed by atoms with Crippen molar-refractivity contribution in [3.05, 3.63) is 11.4 Å². The topological polar surface area (TPSA) is 63.1 Å². The lowest BCUT2D eigenvalue weighted by Gasteiger charge is -2.26. The molecular formula is C15H26ClN5O. The predicted molar refractivity (Wildman–Crippen MR) is 87.5 cm³/mol. The Morgan fingerprint density at radius 2 is 1.73 bits per heavy atom. The Kier molecular flexibility index (Phi) is 5.45. The summed E-state index contributed by atoms with van der Waals surface area (Å²) in [4.78, 5) is 14.8. The van der Waals surface area contributed by atoms with Crippen LogP contribution in [0.15, 0.2) is 0 Å². The minimum absolute atomic E-state index is 0. The molecule has 22 heavy (non-hydrogen) atoms. The van der Waals surface area contributed by atoms with Crippen molar-refractivity contribution in [2.24, 2.45) is 0 Å². The van der Waals surface area contributed by atoms with Crippen molar-refractivity contribution in [3.8, 4) is 0 Å². The number of hydrogen-bond acceptors (Lipinski definition) is 4. The van der Waals surface area contributed by atoms with E-state index in [0.29, 0.717) is 23.8 Å². The highest BCUT2D eigenvalue weighted by molar-refractivity contribution is 5.93. The van der Waals surface area contributed by atoms with E-state index >= 15 is 0 Å². The van der Waals surface area contributed by atoms with Gasteiger partial charge in [-0.1, -0.05) is 5.21 Å². The molecule has 2 atom stereocenters. The fraction of sp³-hybridized carbons (Fsp3) is 0.800. The first kappa shape index (κ1) is 17.2. The Morgan fingerprint density at radius 1 is 1.14 bits per heavy atom. The van der Waals surface area contributed by atoms with Crippen LogP contribution in [0.5, 0.6) is 0 Å². The number of piperidine rings is 1. The van der Waals surface area contributed by atoms with E-state index in [2.05, 4.69) is 29.5 Å². The molecule has 3 heterocycles. The lowest BCUT2D eigenvalue weighted by atomic mass is 10.1. The monoisotopic (exact) mass is 327 g/mol. The van der Waals surface area contributed by atoms with Gasteiger partial charge < -0.3 is 10.2 Å². The van der Waals surface area contributed by atoms with Crippen LogP contribution in [0.4, 0.5) is 0 Å². The van der Waals surface area contributed by atoms with Gasteiger partial charge >= 0.3 is 0 Å².